The Morgan fingerprint density at radius 2 is 1.92 bits per heavy atom. The molecule has 0 N–H and O–H groups in total. The van der Waals surface area contributed by atoms with Crippen molar-refractivity contribution in [2.45, 2.75) is 19.8 Å². The first-order chi connectivity index (χ1) is 6.09. The molecule has 1 aromatic carbocycles. The predicted molar refractivity (Wildman–Crippen MR) is 51.5 cm³/mol. The molecule has 3 nitrogen and oxygen atoms in total. The van der Waals surface area contributed by atoms with Crippen LogP contribution in [0.5, 0.6) is 0 Å². The smallest absolute Gasteiger partial charge is 0.210 e. The molecule has 0 spiro atoms. The van der Waals surface area contributed by atoms with Crippen LogP contribution in [0, 0.1) is 17.0 Å². The van der Waals surface area contributed by atoms with Crippen molar-refractivity contribution >= 4 is 0 Å². The summed E-state index contributed by atoms with van der Waals surface area (Å²) < 4.78 is 0. The molecule has 0 aliphatic rings. The second-order valence-corrected chi connectivity index (χ2v) is 3.33. The molecule has 1 unspecified atom stereocenters. The molecule has 3 heteroatoms. The van der Waals surface area contributed by atoms with E-state index in [1.54, 1.807) is 0 Å². The Morgan fingerprint density at radius 1 is 1.38 bits per heavy atom. The standard InChI is InChI=1S/C10H13NO2/c1-8-3-5-10(6-4-8)9(2)7-11(12)13/h3-6,9H,7H2,1-2H3. The van der Waals surface area contributed by atoms with E-state index >= 15 is 0 Å². The number of hydrogen-bond acceptors (Lipinski definition) is 2. The second kappa shape index (κ2) is 4.03. The van der Waals surface area contributed by atoms with Gasteiger partial charge in [0.2, 0.25) is 6.54 Å². The van der Waals surface area contributed by atoms with Crippen LogP contribution >= 0.6 is 0 Å². The summed E-state index contributed by atoms with van der Waals surface area (Å²) in [5.74, 6) is -0.00407. The summed E-state index contributed by atoms with van der Waals surface area (Å²) in [5.41, 5.74) is 2.21. The van der Waals surface area contributed by atoms with Gasteiger partial charge in [-0.2, -0.15) is 0 Å². The first kappa shape index (κ1) is 9.71. The lowest BCUT2D eigenvalue weighted by atomic mass is 10.0. The minimum atomic E-state index is -0.273. The maximum atomic E-state index is 10.3. The number of benzene rings is 1. The predicted octanol–water partition coefficient (Wildman–Crippen LogP) is 2.38. The number of aryl methyl sites for hydroxylation is 1. The number of hydrogen-bond donors (Lipinski definition) is 0. The molecule has 1 atom stereocenters. The lowest BCUT2D eigenvalue weighted by Gasteiger charge is -2.06. The summed E-state index contributed by atoms with van der Waals surface area (Å²) in [6, 6.07) is 7.85. The summed E-state index contributed by atoms with van der Waals surface area (Å²) in [6.45, 7) is 3.87. The van der Waals surface area contributed by atoms with Crippen LogP contribution in [0.1, 0.15) is 24.0 Å². The molecular formula is C10H13NO2. The van der Waals surface area contributed by atoms with Crippen LogP contribution in [-0.2, 0) is 0 Å². The topological polar surface area (TPSA) is 43.1 Å². The van der Waals surface area contributed by atoms with Crippen LogP contribution < -0.4 is 0 Å². The minimum absolute atomic E-state index is 0.00304. The molecule has 0 bridgehead atoms. The van der Waals surface area contributed by atoms with Crippen LogP contribution in [0.25, 0.3) is 0 Å². The first-order valence-corrected chi connectivity index (χ1v) is 4.28. The highest BCUT2D eigenvalue weighted by Crippen LogP contribution is 2.15. The van der Waals surface area contributed by atoms with Gasteiger partial charge in [0, 0.05) is 10.8 Å². The van der Waals surface area contributed by atoms with Crippen molar-refractivity contribution < 1.29 is 4.92 Å². The quantitative estimate of drug-likeness (QED) is 0.528. The van der Waals surface area contributed by atoms with Crippen LogP contribution in [0.2, 0.25) is 0 Å². The van der Waals surface area contributed by atoms with E-state index < -0.39 is 0 Å². The summed E-state index contributed by atoms with van der Waals surface area (Å²) in [6.07, 6.45) is 0. The highest BCUT2D eigenvalue weighted by molar-refractivity contribution is 5.23. The van der Waals surface area contributed by atoms with Gasteiger partial charge < -0.3 is 0 Å². The average Bonchev–Trinajstić information content (AvgIpc) is 2.04. The third-order valence-corrected chi connectivity index (χ3v) is 2.07. The van der Waals surface area contributed by atoms with E-state index in [0.717, 1.165) is 5.56 Å². The van der Waals surface area contributed by atoms with E-state index in [1.807, 2.05) is 38.1 Å². The molecule has 0 fully saturated rings. The molecule has 70 valence electrons. The van der Waals surface area contributed by atoms with Crippen molar-refractivity contribution in [1.29, 1.82) is 0 Å². The Labute approximate surface area is 77.5 Å². The zero-order chi connectivity index (χ0) is 9.84. The van der Waals surface area contributed by atoms with Gasteiger partial charge in [-0.1, -0.05) is 36.8 Å². The van der Waals surface area contributed by atoms with Gasteiger partial charge >= 0.3 is 0 Å². The Morgan fingerprint density at radius 3 is 2.38 bits per heavy atom. The van der Waals surface area contributed by atoms with Gasteiger partial charge in [0.05, 0.1) is 0 Å². The zero-order valence-corrected chi connectivity index (χ0v) is 7.86. The lowest BCUT2D eigenvalue weighted by Crippen LogP contribution is -2.09. The van der Waals surface area contributed by atoms with E-state index in [4.69, 9.17) is 0 Å². The molecule has 0 saturated heterocycles. The molecule has 0 aliphatic heterocycles. The van der Waals surface area contributed by atoms with E-state index in [1.165, 1.54) is 5.56 Å². The number of nitrogens with zero attached hydrogens (tertiary/aromatic N) is 1. The molecule has 0 radical (unpaired) electrons. The molecule has 13 heavy (non-hydrogen) atoms. The molecule has 0 heterocycles. The first-order valence-electron chi connectivity index (χ1n) is 4.28. The van der Waals surface area contributed by atoms with E-state index in [0.29, 0.717) is 0 Å². The number of rotatable bonds is 3. The molecule has 0 aliphatic carbocycles. The maximum absolute atomic E-state index is 10.3. The van der Waals surface area contributed by atoms with Crippen LogP contribution in [0.4, 0.5) is 0 Å². The third-order valence-electron chi connectivity index (χ3n) is 2.07. The second-order valence-electron chi connectivity index (χ2n) is 3.33. The van der Waals surface area contributed by atoms with E-state index in [2.05, 4.69) is 0 Å². The zero-order valence-electron chi connectivity index (χ0n) is 7.86. The van der Waals surface area contributed by atoms with Crippen molar-refractivity contribution in [3.05, 3.63) is 45.5 Å². The summed E-state index contributed by atoms with van der Waals surface area (Å²) in [5, 5.41) is 10.3. The van der Waals surface area contributed by atoms with E-state index in [9.17, 15) is 10.1 Å². The van der Waals surface area contributed by atoms with Crippen molar-refractivity contribution in [2.75, 3.05) is 6.54 Å². The van der Waals surface area contributed by atoms with Gasteiger partial charge in [0.25, 0.3) is 0 Å². The van der Waals surface area contributed by atoms with Crippen molar-refractivity contribution in [3.8, 4) is 0 Å². The van der Waals surface area contributed by atoms with Crippen LogP contribution in [0.3, 0.4) is 0 Å². The summed E-state index contributed by atoms with van der Waals surface area (Å²) >= 11 is 0. The minimum Gasteiger partial charge on any atom is -0.265 e. The van der Waals surface area contributed by atoms with Gasteiger partial charge in [-0.25, -0.2) is 0 Å². The normalized spacial score (nSPS) is 12.5. The fourth-order valence-electron chi connectivity index (χ4n) is 1.22. The van der Waals surface area contributed by atoms with E-state index in [-0.39, 0.29) is 17.4 Å². The summed E-state index contributed by atoms with van der Waals surface area (Å²) in [4.78, 5) is 9.98. The largest absolute Gasteiger partial charge is 0.265 e. The van der Waals surface area contributed by atoms with Crippen molar-refractivity contribution in [2.24, 2.45) is 0 Å². The van der Waals surface area contributed by atoms with Crippen LogP contribution in [0.15, 0.2) is 24.3 Å². The van der Waals surface area contributed by atoms with Gasteiger partial charge in [0.15, 0.2) is 0 Å². The SMILES string of the molecule is Cc1ccc(C(C)C[N+](=O)[O-])cc1. The molecule has 0 saturated carbocycles. The Hall–Kier alpha value is -1.38. The summed E-state index contributed by atoms with van der Waals surface area (Å²) in [7, 11) is 0. The van der Waals surface area contributed by atoms with Gasteiger partial charge in [-0.15, -0.1) is 0 Å². The van der Waals surface area contributed by atoms with Gasteiger partial charge in [-0.05, 0) is 12.5 Å². The molecule has 0 aromatic heterocycles. The average molecular weight is 179 g/mol. The number of nitro groups is 1. The van der Waals surface area contributed by atoms with Crippen molar-refractivity contribution in [1.82, 2.24) is 0 Å². The maximum Gasteiger partial charge on any atom is 0.210 e. The Kier molecular flexibility index (Phi) is 3.01. The van der Waals surface area contributed by atoms with Crippen LogP contribution in [-0.4, -0.2) is 11.5 Å². The van der Waals surface area contributed by atoms with Crippen molar-refractivity contribution in [3.63, 3.8) is 0 Å². The monoisotopic (exact) mass is 179 g/mol. The molecule has 0 amide bonds. The van der Waals surface area contributed by atoms with Gasteiger partial charge in [-0.3, -0.25) is 10.1 Å². The van der Waals surface area contributed by atoms with Gasteiger partial charge in [0.1, 0.15) is 0 Å². The highest BCUT2D eigenvalue weighted by Gasteiger charge is 2.10. The third kappa shape index (κ3) is 2.86. The molecule has 1 aromatic rings. The fraction of sp³-hybridized carbons (Fsp3) is 0.400. The Balaban J connectivity index is 2.71. The molecular weight excluding hydrogens is 166 g/mol. The molecule has 1 rings (SSSR count). The fourth-order valence-corrected chi connectivity index (χ4v) is 1.22. The Bertz CT molecular complexity index is 292. The lowest BCUT2D eigenvalue weighted by molar-refractivity contribution is -0.482. The highest BCUT2D eigenvalue weighted by atomic mass is 16.6.